The van der Waals surface area contributed by atoms with Crippen molar-refractivity contribution in [2.75, 3.05) is 18.1 Å². The monoisotopic (exact) mass is 278 g/mol. The minimum Gasteiger partial charge on any atom is -0.396 e. The number of anilines is 1. The van der Waals surface area contributed by atoms with Crippen LogP contribution in [-0.2, 0) is 6.54 Å². The zero-order chi connectivity index (χ0) is 14.4. The molecule has 1 aliphatic rings. The summed E-state index contributed by atoms with van der Waals surface area (Å²) in [4.78, 5) is 7.18. The molecular formula is C18H18N2O. The van der Waals surface area contributed by atoms with Crippen LogP contribution in [0.3, 0.4) is 0 Å². The van der Waals surface area contributed by atoms with Crippen LogP contribution in [0, 0.1) is 6.92 Å². The summed E-state index contributed by atoms with van der Waals surface area (Å²) in [7, 11) is 0. The van der Waals surface area contributed by atoms with Crippen molar-refractivity contribution in [1.29, 1.82) is 0 Å². The number of aliphatic hydroxyl groups is 1. The fourth-order valence-corrected chi connectivity index (χ4v) is 3.35. The number of nitrogens with zero attached hydrogens (tertiary/aromatic N) is 2. The minimum absolute atomic E-state index is 0.237. The molecule has 0 bridgehead atoms. The normalized spacial score (nSPS) is 13.5. The molecule has 0 fully saturated rings. The van der Waals surface area contributed by atoms with Crippen molar-refractivity contribution in [1.82, 2.24) is 4.98 Å². The second-order valence-electron chi connectivity index (χ2n) is 5.78. The van der Waals surface area contributed by atoms with E-state index in [-0.39, 0.29) is 6.61 Å². The van der Waals surface area contributed by atoms with E-state index in [0.29, 0.717) is 0 Å². The highest BCUT2D eigenvalue weighted by atomic mass is 16.3. The predicted molar refractivity (Wildman–Crippen MR) is 86.7 cm³/mol. The van der Waals surface area contributed by atoms with Gasteiger partial charge in [0.25, 0.3) is 0 Å². The molecular weight excluding hydrogens is 260 g/mol. The van der Waals surface area contributed by atoms with Gasteiger partial charge in [0.1, 0.15) is 0 Å². The van der Waals surface area contributed by atoms with Crippen molar-refractivity contribution in [3.05, 3.63) is 47.5 Å². The first-order valence-electron chi connectivity index (χ1n) is 7.46. The highest BCUT2D eigenvalue weighted by Crippen LogP contribution is 2.40. The SMILES string of the molecule is Cc1ccc2nc3cccc4c3c(c2c1)CN4CCCO. The Morgan fingerprint density at radius 3 is 2.95 bits per heavy atom. The fourth-order valence-electron chi connectivity index (χ4n) is 3.35. The smallest absolute Gasteiger partial charge is 0.0734 e. The molecule has 21 heavy (non-hydrogen) atoms. The Bertz CT molecular complexity index is 841. The van der Waals surface area contributed by atoms with Gasteiger partial charge in [-0.3, -0.25) is 0 Å². The lowest BCUT2D eigenvalue weighted by Crippen LogP contribution is -2.20. The van der Waals surface area contributed by atoms with Gasteiger partial charge in [0, 0.05) is 36.2 Å². The Morgan fingerprint density at radius 2 is 2.10 bits per heavy atom. The highest BCUT2D eigenvalue weighted by Gasteiger charge is 2.23. The van der Waals surface area contributed by atoms with Crippen LogP contribution < -0.4 is 4.90 Å². The summed E-state index contributed by atoms with van der Waals surface area (Å²) in [6.45, 7) is 4.16. The third kappa shape index (κ3) is 1.88. The van der Waals surface area contributed by atoms with E-state index in [0.717, 1.165) is 30.5 Å². The maximum Gasteiger partial charge on any atom is 0.0734 e. The Kier molecular flexibility index (Phi) is 2.82. The molecule has 106 valence electrons. The lowest BCUT2D eigenvalue weighted by atomic mass is 10.0. The number of hydrogen-bond donors (Lipinski definition) is 1. The number of aryl methyl sites for hydroxylation is 1. The van der Waals surface area contributed by atoms with E-state index in [4.69, 9.17) is 10.1 Å². The Morgan fingerprint density at radius 1 is 1.19 bits per heavy atom. The number of benzene rings is 2. The van der Waals surface area contributed by atoms with E-state index < -0.39 is 0 Å². The Hall–Kier alpha value is -2.13. The lowest BCUT2D eigenvalue weighted by molar-refractivity contribution is 0.289. The van der Waals surface area contributed by atoms with Gasteiger partial charge in [-0.2, -0.15) is 0 Å². The number of rotatable bonds is 3. The molecule has 1 aliphatic heterocycles. The summed E-state index contributed by atoms with van der Waals surface area (Å²) in [5.41, 5.74) is 6.06. The molecule has 0 radical (unpaired) electrons. The quantitative estimate of drug-likeness (QED) is 0.746. The van der Waals surface area contributed by atoms with E-state index in [9.17, 15) is 0 Å². The van der Waals surface area contributed by atoms with E-state index in [1.807, 2.05) is 0 Å². The summed E-state index contributed by atoms with van der Waals surface area (Å²) in [6, 6.07) is 12.8. The third-order valence-electron chi connectivity index (χ3n) is 4.32. The average molecular weight is 278 g/mol. The van der Waals surface area contributed by atoms with Crippen LogP contribution in [0.25, 0.3) is 21.8 Å². The summed E-state index contributed by atoms with van der Waals surface area (Å²) in [6.07, 6.45) is 0.800. The second-order valence-corrected chi connectivity index (χ2v) is 5.78. The first kappa shape index (κ1) is 12.6. The van der Waals surface area contributed by atoms with Gasteiger partial charge in [-0.25, -0.2) is 4.98 Å². The molecule has 1 aromatic heterocycles. The van der Waals surface area contributed by atoms with Gasteiger partial charge in [-0.1, -0.05) is 17.7 Å². The molecule has 0 aliphatic carbocycles. The molecule has 2 heterocycles. The van der Waals surface area contributed by atoms with Crippen molar-refractivity contribution in [3.8, 4) is 0 Å². The number of aromatic nitrogens is 1. The maximum atomic E-state index is 9.11. The van der Waals surface area contributed by atoms with Crippen LogP contribution >= 0.6 is 0 Å². The molecule has 1 N–H and O–H groups in total. The molecule has 0 unspecified atom stereocenters. The van der Waals surface area contributed by atoms with Gasteiger partial charge < -0.3 is 10.0 Å². The lowest BCUT2D eigenvalue weighted by Gasteiger charge is -2.18. The molecule has 0 saturated heterocycles. The van der Waals surface area contributed by atoms with E-state index in [1.165, 1.54) is 27.6 Å². The van der Waals surface area contributed by atoms with Gasteiger partial charge in [-0.05, 0) is 43.2 Å². The third-order valence-corrected chi connectivity index (χ3v) is 4.32. The van der Waals surface area contributed by atoms with E-state index in [2.05, 4.69) is 48.2 Å². The van der Waals surface area contributed by atoms with Crippen LogP contribution in [0.5, 0.6) is 0 Å². The Balaban J connectivity index is 1.99. The number of hydrogen-bond acceptors (Lipinski definition) is 3. The topological polar surface area (TPSA) is 36.4 Å². The van der Waals surface area contributed by atoms with Crippen LogP contribution in [0.1, 0.15) is 17.5 Å². The molecule has 3 heteroatoms. The summed E-state index contributed by atoms with van der Waals surface area (Å²) in [5, 5.41) is 11.7. The first-order valence-corrected chi connectivity index (χ1v) is 7.46. The second kappa shape index (κ2) is 4.71. The first-order chi connectivity index (χ1) is 10.3. The number of pyridine rings is 1. The van der Waals surface area contributed by atoms with E-state index >= 15 is 0 Å². The standard InChI is InChI=1S/C18H18N2O/c1-12-6-7-15-13(10-12)14-11-20(8-3-9-21)17-5-2-4-16(19-15)18(14)17/h2,4-7,10,21H,3,8-9,11H2,1H3. The zero-order valence-corrected chi connectivity index (χ0v) is 12.1. The fraction of sp³-hybridized carbons (Fsp3) is 0.278. The summed E-state index contributed by atoms with van der Waals surface area (Å²) < 4.78 is 0. The molecule has 0 atom stereocenters. The van der Waals surface area contributed by atoms with Gasteiger partial charge in [0.05, 0.1) is 11.0 Å². The number of fused-ring (bicyclic) bond motifs is 2. The van der Waals surface area contributed by atoms with Crippen LogP contribution in [0.2, 0.25) is 0 Å². The highest BCUT2D eigenvalue weighted by molar-refractivity contribution is 6.06. The molecule has 0 spiro atoms. The summed E-state index contributed by atoms with van der Waals surface area (Å²) in [5.74, 6) is 0. The van der Waals surface area contributed by atoms with Crippen molar-refractivity contribution in [3.63, 3.8) is 0 Å². The Labute approximate surface area is 123 Å². The van der Waals surface area contributed by atoms with Crippen LogP contribution in [-0.4, -0.2) is 23.2 Å². The molecule has 3 nitrogen and oxygen atoms in total. The van der Waals surface area contributed by atoms with Crippen LogP contribution in [0.4, 0.5) is 5.69 Å². The van der Waals surface area contributed by atoms with Crippen molar-refractivity contribution in [2.45, 2.75) is 19.9 Å². The molecule has 0 amide bonds. The molecule has 3 aromatic rings. The van der Waals surface area contributed by atoms with E-state index in [1.54, 1.807) is 0 Å². The molecule has 2 aromatic carbocycles. The van der Waals surface area contributed by atoms with Gasteiger partial charge >= 0.3 is 0 Å². The van der Waals surface area contributed by atoms with Gasteiger partial charge in [-0.15, -0.1) is 0 Å². The minimum atomic E-state index is 0.237. The zero-order valence-electron chi connectivity index (χ0n) is 12.1. The molecule has 4 rings (SSSR count). The maximum absolute atomic E-state index is 9.11. The summed E-state index contributed by atoms with van der Waals surface area (Å²) >= 11 is 0. The number of aliphatic hydroxyl groups excluding tert-OH is 1. The largest absolute Gasteiger partial charge is 0.396 e. The van der Waals surface area contributed by atoms with Crippen molar-refractivity contribution in [2.24, 2.45) is 0 Å². The average Bonchev–Trinajstić information content (AvgIpc) is 2.87. The van der Waals surface area contributed by atoms with Gasteiger partial charge in [0.2, 0.25) is 0 Å². The van der Waals surface area contributed by atoms with Crippen molar-refractivity contribution >= 4 is 27.5 Å². The predicted octanol–water partition coefficient (Wildman–Crippen LogP) is 3.40. The van der Waals surface area contributed by atoms with Crippen LogP contribution in [0.15, 0.2) is 36.4 Å². The van der Waals surface area contributed by atoms with Crippen molar-refractivity contribution < 1.29 is 5.11 Å². The molecule has 0 saturated carbocycles. The van der Waals surface area contributed by atoms with Gasteiger partial charge in [0.15, 0.2) is 0 Å².